The van der Waals surface area contributed by atoms with E-state index in [0.717, 1.165) is 12.8 Å². The summed E-state index contributed by atoms with van der Waals surface area (Å²) in [5, 5.41) is 11.6. The van der Waals surface area contributed by atoms with E-state index in [9.17, 15) is 14.7 Å². The van der Waals surface area contributed by atoms with E-state index >= 15 is 0 Å². The molecule has 32 heavy (non-hydrogen) atoms. The standard InChI is InChI=1S/C25H28ClNO5/c1-4-6-14-32-18-10-7-16(8-11-18)22-21(24(29)25(30)27(22)13-5-2)23(28)19-15-17(26)9-12-20(19)31-3/h7-12,15,22,28H,4-6,13-14H2,1-3H3/b23-21+. The molecule has 1 N–H and O–H groups in total. The van der Waals surface area contributed by atoms with E-state index in [-0.39, 0.29) is 16.9 Å². The zero-order valence-electron chi connectivity index (χ0n) is 18.6. The summed E-state index contributed by atoms with van der Waals surface area (Å²) in [4.78, 5) is 27.3. The second-order valence-corrected chi connectivity index (χ2v) is 8.04. The number of rotatable bonds is 9. The number of hydrogen-bond donors (Lipinski definition) is 1. The normalized spacial score (nSPS) is 17.6. The number of ether oxygens (including phenoxy) is 2. The summed E-state index contributed by atoms with van der Waals surface area (Å²) < 4.78 is 11.1. The number of halogens is 1. The molecule has 2 aromatic carbocycles. The van der Waals surface area contributed by atoms with Crippen LogP contribution in [0.5, 0.6) is 11.5 Å². The van der Waals surface area contributed by atoms with Gasteiger partial charge in [-0.05, 0) is 48.7 Å². The summed E-state index contributed by atoms with van der Waals surface area (Å²) in [6.45, 7) is 5.03. The molecule has 1 atom stereocenters. The van der Waals surface area contributed by atoms with E-state index in [0.29, 0.717) is 41.7 Å². The van der Waals surface area contributed by atoms with Crippen LogP contribution in [0, 0.1) is 0 Å². The lowest BCUT2D eigenvalue weighted by molar-refractivity contribution is -0.139. The highest BCUT2D eigenvalue weighted by Gasteiger charge is 2.45. The van der Waals surface area contributed by atoms with Gasteiger partial charge < -0.3 is 19.5 Å². The van der Waals surface area contributed by atoms with E-state index in [1.165, 1.54) is 18.1 Å². The third-order valence-electron chi connectivity index (χ3n) is 5.38. The van der Waals surface area contributed by atoms with Gasteiger partial charge in [-0.3, -0.25) is 9.59 Å². The van der Waals surface area contributed by atoms with Gasteiger partial charge in [0.05, 0.1) is 30.9 Å². The highest BCUT2D eigenvalue weighted by Crippen LogP contribution is 2.41. The minimum Gasteiger partial charge on any atom is -0.507 e. The number of benzene rings is 2. The topological polar surface area (TPSA) is 76.1 Å². The molecular weight excluding hydrogens is 430 g/mol. The van der Waals surface area contributed by atoms with Gasteiger partial charge in [0.15, 0.2) is 0 Å². The van der Waals surface area contributed by atoms with Crippen molar-refractivity contribution in [2.45, 2.75) is 39.2 Å². The van der Waals surface area contributed by atoms with Gasteiger partial charge in [0, 0.05) is 11.6 Å². The fourth-order valence-corrected chi connectivity index (χ4v) is 3.96. The minimum absolute atomic E-state index is 0.0173. The average molecular weight is 458 g/mol. The van der Waals surface area contributed by atoms with Crippen LogP contribution < -0.4 is 9.47 Å². The summed E-state index contributed by atoms with van der Waals surface area (Å²) in [5.41, 5.74) is 0.991. The zero-order chi connectivity index (χ0) is 23.3. The van der Waals surface area contributed by atoms with Gasteiger partial charge in [0.1, 0.15) is 17.3 Å². The molecule has 0 saturated carbocycles. The lowest BCUT2D eigenvalue weighted by Gasteiger charge is -2.25. The number of aliphatic hydroxyl groups excluding tert-OH is 1. The summed E-state index contributed by atoms with van der Waals surface area (Å²) in [7, 11) is 1.46. The van der Waals surface area contributed by atoms with Crippen molar-refractivity contribution < 1.29 is 24.2 Å². The molecule has 3 rings (SSSR count). The first-order valence-electron chi connectivity index (χ1n) is 10.8. The van der Waals surface area contributed by atoms with Gasteiger partial charge in [-0.1, -0.05) is 44.0 Å². The Morgan fingerprint density at radius 2 is 1.81 bits per heavy atom. The van der Waals surface area contributed by atoms with Crippen molar-refractivity contribution in [3.8, 4) is 11.5 Å². The molecule has 1 aliphatic heterocycles. The molecular formula is C25H28ClNO5. The minimum atomic E-state index is -0.730. The monoisotopic (exact) mass is 457 g/mol. The van der Waals surface area contributed by atoms with Crippen LogP contribution in [0.1, 0.15) is 50.3 Å². The number of carbonyl (C=O) groups is 2. The van der Waals surface area contributed by atoms with Crippen molar-refractivity contribution >= 4 is 29.1 Å². The molecule has 1 amide bonds. The van der Waals surface area contributed by atoms with Crippen LogP contribution >= 0.6 is 11.6 Å². The molecule has 1 heterocycles. The largest absolute Gasteiger partial charge is 0.507 e. The molecule has 1 aliphatic rings. The fraction of sp³-hybridized carbons (Fsp3) is 0.360. The Bertz CT molecular complexity index is 1020. The van der Waals surface area contributed by atoms with Crippen LogP contribution in [0.3, 0.4) is 0 Å². The Morgan fingerprint density at radius 3 is 2.44 bits per heavy atom. The van der Waals surface area contributed by atoms with Gasteiger partial charge in [-0.25, -0.2) is 0 Å². The first kappa shape index (κ1) is 23.7. The van der Waals surface area contributed by atoms with E-state index < -0.39 is 17.7 Å². The predicted octanol–water partition coefficient (Wildman–Crippen LogP) is 5.36. The van der Waals surface area contributed by atoms with Crippen molar-refractivity contribution in [1.82, 2.24) is 4.90 Å². The van der Waals surface area contributed by atoms with E-state index in [4.69, 9.17) is 21.1 Å². The van der Waals surface area contributed by atoms with Gasteiger partial charge >= 0.3 is 0 Å². The number of amides is 1. The number of ketones is 1. The van der Waals surface area contributed by atoms with Gasteiger partial charge in [-0.15, -0.1) is 0 Å². The number of unbranched alkanes of at least 4 members (excludes halogenated alkanes) is 1. The van der Waals surface area contributed by atoms with Crippen LogP contribution in [0.25, 0.3) is 5.76 Å². The quantitative estimate of drug-likeness (QED) is 0.237. The highest BCUT2D eigenvalue weighted by molar-refractivity contribution is 6.46. The molecule has 0 radical (unpaired) electrons. The Kier molecular flexibility index (Phi) is 7.80. The van der Waals surface area contributed by atoms with Crippen molar-refractivity contribution in [1.29, 1.82) is 0 Å². The molecule has 0 aromatic heterocycles. The SMILES string of the molecule is CCCCOc1ccc(C2/C(=C(\O)c3cc(Cl)ccc3OC)C(=O)C(=O)N2CCC)cc1. The smallest absolute Gasteiger partial charge is 0.295 e. The number of aliphatic hydroxyl groups is 1. The Balaban J connectivity index is 2.09. The first-order chi connectivity index (χ1) is 15.4. The third kappa shape index (κ3) is 4.75. The predicted molar refractivity (Wildman–Crippen MR) is 124 cm³/mol. The Hall–Kier alpha value is -2.99. The van der Waals surface area contributed by atoms with Gasteiger partial charge in [-0.2, -0.15) is 0 Å². The van der Waals surface area contributed by atoms with Crippen LogP contribution in [-0.4, -0.2) is 42.0 Å². The summed E-state index contributed by atoms with van der Waals surface area (Å²) in [6, 6.07) is 11.3. The molecule has 1 fully saturated rings. The average Bonchev–Trinajstić information content (AvgIpc) is 3.04. The third-order valence-corrected chi connectivity index (χ3v) is 5.62. The van der Waals surface area contributed by atoms with Crippen LogP contribution in [0.2, 0.25) is 5.02 Å². The number of carbonyl (C=O) groups excluding carboxylic acids is 2. The molecule has 0 spiro atoms. The molecule has 7 heteroatoms. The zero-order valence-corrected chi connectivity index (χ0v) is 19.3. The maximum Gasteiger partial charge on any atom is 0.295 e. The fourth-order valence-electron chi connectivity index (χ4n) is 3.79. The maximum absolute atomic E-state index is 13.0. The van der Waals surface area contributed by atoms with E-state index in [2.05, 4.69) is 6.92 Å². The van der Waals surface area contributed by atoms with Gasteiger partial charge in [0.25, 0.3) is 11.7 Å². The number of hydrogen-bond acceptors (Lipinski definition) is 5. The van der Waals surface area contributed by atoms with E-state index in [1.807, 2.05) is 31.2 Å². The number of methoxy groups -OCH3 is 1. The van der Waals surface area contributed by atoms with Crippen LogP contribution in [-0.2, 0) is 9.59 Å². The maximum atomic E-state index is 13.0. The summed E-state index contributed by atoms with van der Waals surface area (Å²) >= 11 is 6.13. The lowest BCUT2D eigenvalue weighted by atomic mass is 9.95. The van der Waals surface area contributed by atoms with Crippen molar-refractivity contribution in [2.75, 3.05) is 20.3 Å². The van der Waals surface area contributed by atoms with Gasteiger partial charge in [0.2, 0.25) is 0 Å². The highest BCUT2D eigenvalue weighted by atomic mass is 35.5. The molecule has 1 saturated heterocycles. The molecule has 1 unspecified atom stereocenters. The second-order valence-electron chi connectivity index (χ2n) is 7.61. The molecule has 0 bridgehead atoms. The first-order valence-corrected chi connectivity index (χ1v) is 11.2. The van der Waals surface area contributed by atoms with Crippen LogP contribution in [0.15, 0.2) is 48.0 Å². The Labute approximate surface area is 193 Å². The number of Topliss-reactive ketones (excluding diaryl/α,β-unsaturated/α-hetero) is 1. The Morgan fingerprint density at radius 1 is 1.09 bits per heavy atom. The lowest BCUT2D eigenvalue weighted by Crippen LogP contribution is -2.30. The van der Waals surface area contributed by atoms with Crippen molar-refractivity contribution in [3.05, 3.63) is 64.2 Å². The van der Waals surface area contributed by atoms with Crippen molar-refractivity contribution in [3.63, 3.8) is 0 Å². The molecule has 170 valence electrons. The number of nitrogens with zero attached hydrogens (tertiary/aromatic N) is 1. The van der Waals surface area contributed by atoms with E-state index in [1.54, 1.807) is 12.1 Å². The molecule has 0 aliphatic carbocycles. The second kappa shape index (κ2) is 10.6. The molecule has 6 nitrogen and oxygen atoms in total. The summed E-state index contributed by atoms with van der Waals surface area (Å²) in [6.07, 6.45) is 2.67. The van der Waals surface area contributed by atoms with Crippen molar-refractivity contribution in [2.24, 2.45) is 0 Å². The number of likely N-dealkylation sites (tertiary alicyclic amines) is 1. The van der Waals surface area contributed by atoms with Crippen LogP contribution in [0.4, 0.5) is 0 Å². The molecule has 2 aromatic rings. The summed E-state index contributed by atoms with van der Waals surface area (Å²) in [5.74, 6) is -0.610.